The normalized spacial score (nSPS) is 17.0. The summed E-state index contributed by atoms with van der Waals surface area (Å²) in [5.74, 6) is 1.32. The Balaban J connectivity index is 1.31. The summed E-state index contributed by atoms with van der Waals surface area (Å²) in [5, 5.41) is 1.31. The van der Waals surface area contributed by atoms with E-state index in [9.17, 15) is 4.79 Å². The van der Waals surface area contributed by atoms with Crippen LogP contribution in [0.4, 0.5) is 0 Å². The number of unbranched alkanes of at least 4 members (excludes halogenated alkanes) is 1. The van der Waals surface area contributed by atoms with Crippen LogP contribution in [0, 0.1) is 0 Å². The average molecular weight is 439 g/mol. The molecule has 164 valence electrons. The van der Waals surface area contributed by atoms with Gasteiger partial charge in [-0.1, -0.05) is 24.6 Å². The van der Waals surface area contributed by atoms with Crippen molar-refractivity contribution in [2.75, 3.05) is 26.8 Å². The Morgan fingerprint density at radius 2 is 2.03 bits per heavy atom. The first-order valence-electron chi connectivity index (χ1n) is 11.1. The Morgan fingerprint density at radius 1 is 1.16 bits per heavy atom. The highest BCUT2D eigenvalue weighted by Crippen LogP contribution is 2.36. The van der Waals surface area contributed by atoms with Crippen molar-refractivity contribution in [1.82, 2.24) is 9.27 Å². The van der Waals surface area contributed by atoms with Crippen molar-refractivity contribution in [3.63, 3.8) is 0 Å². The molecular weight excluding hydrogens is 408 g/mol. The van der Waals surface area contributed by atoms with Gasteiger partial charge in [0.1, 0.15) is 0 Å². The lowest BCUT2D eigenvalue weighted by atomic mass is 9.97. The molecule has 2 aromatic carbocycles. The lowest BCUT2D eigenvalue weighted by Crippen LogP contribution is -2.34. The second-order valence-electron chi connectivity index (χ2n) is 8.09. The number of likely N-dealkylation sites (tertiary alicyclic amines) is 1. The number of methoxy groups -OCH3 is 1. The third-order valence-corrected chi connectivity index (χ3v) is 6.84. The fourth-order valence-electron chi connectivity index (χ4n) is 4.32. The summed E-state index contributed by atoms with van der Waals surface area (Å²) in [6, 6.07) is 14.4. The number of fused-ring (bicyclic) bond motifs is 1. The van der Waals surface area contributed by atoms with Gasteiger partial charge in [0, 0.05) is 10.9 Å². The van der Waals surface area contributed by atoms with Gasteiger partial charge >= 0.3 is 0 Å². The van der Waals surface area contributed by atoms with Crippen LogP contribution >= 0.6 is 11.5 Å². The minimum Gasteiger partial charge on any atom is -0.493 e. The number of benzene rings is 2. The summed E-state index contributed by atoms with van der Waals surface area (Å²) in [7, 11) is 1.60. The molecule has 5 nitrogen and oxygen atoms in total. The summed E-state index contributed by atoms with van der Waals surface area (Å²) < 4.78 is 17.4. The zero-order chi connectivity index (χ0) is 21.6. The van der Waals surface area contributed by atoms with E-state index in [4.69, 9.17) is 13.8 Å². The van der Waals surface area contributed by atoms with Gasteiger partial charge in [0.25, 0.3) is 0 Å². The van der Waals surface area contributed by atoms with E-state index >= 15 is 0 Å². The highest BCUT2D eigenvalue weighted by Gasteiger charge is 2.26. The van der Waals surface area contributed by atoms with E-state index in [1.165, 1.54) is 35.0 Å². The van der Waals surface area contributed by atoms with Crippen LogP contribution in [0.5, 0.6) is 11.5 Å². The number of hydrogen-bond acceptors (Lipinski definition) is 6. The fraction of sp³-hybridized carbons (Fsp3) is 0.440. The number of ether oxygens (including phenoxy) is 2. The van der Waals surface area contributed by atoms with Crippen molar-refractivity contribution >= 4 is 27.4 Å². The second-order valence-corrected chi connectivity index (χ2v) is 8.89. The fourth-order valence-corrected chi connectivity index (χ4v) is 5.15. The molecule has 0 radical (unpaired) electrons. The van der Waals surface area contributed by atoms with Crippen molar-refractivity contribution in [2.45, 2.75) is 45.1 Å². The van der Waals surface area contributed by atoms with Gasteiger partial charge < -0.3 is 9.47 Å². The molecular formula is C25H30N2O3S. The Kier molecular flexibility index (Phi) is 7.20. The molecule has 0 amide bonds. The van der Waals surface area contributed by atoms with Crippen molar-refractivity contribution in [2.24, 2.45) is 0 Å². The third kappa shape index (κ3) is 5.08. The van der Waals surface area contributed by atoms with Gasteiger partial charge in [0.15, 0.2) is 17.3 Å². The number of Topliss-reactive ketones (excluding diaryl/α,β-unsaturated/α-hetero) is 1. The number of nitrogens with zero attached hydrogens (tertiary/aromatic N) is 2. The molecule has 1 atom stereocenters. The van der Waals surface area contributed by atoms with Gasteiger partial charge in [-0.05, 0) is 81.5 Å². The molecule has 4 rings (SSSR count). The Hall–Kier alpha value is -2.44. The molecule has 0 saturated carbocycles. The molecule has 0 aliphatic carbocycles. The maximum Gasteiger partial charge on any atom is 0.161 e. The smallest absolute Gasteiger partial charge is 0.161 e. The molecule has 1 fully saturated rings. The van der Waals surface area contributed by atoms with E-state index in [0.717, 1.165) is 25.9 Å². The predicted molar refractivity (Wildman–Crippen MR) is 126 cm³/mol. The number of carbonyl (C=O) groups excluding carboxylic acids is 1. The monoisotopic (exact) mass is 438 g/mol. The number of piperidine rings is 1. The number of carbonyl (C=O) groups is 1. The summed E-state index contributed by atoms with van der Waals surface area (Å²) in [5.41, 5.74) is 1.89. The number of ketones is 1. The maximum absolute atomic E-state index is 11.6. The van der Waals surface area contributed by atoms with E-state index < -0.39 is 0 Å². The van der Waals surface area contributed by atoms with Crippen molar-refractivity contribution in [3.05, 3.63) is 53.7 Å². The highest BCUT2D eigenvalue weighted by atomic mass is 32.1. The minimum absolute atomic E-state index is 0.0221. The van der Waals surface area contributed by atoms with Crippen LogP contribution in [-0.2, 0) is 0 Å². The molecule has 0 bridgehead atoms. The van der Waals surface area contributed by atoms with Crippen LogP contribution in [0.1, 0.15) is 61.1 Å². The van der Waals surface area contributed by atoms with Crippen molar-refractivity contribution < 1.29 is 14.3 Å². The number of aromatic nitrogens is 1. The van der Waals surface area contributed by atoms with Crippen LogP contribution in [0.25, 0.3) is 10.1 Å². The van der Waals surface area contributed by atoms with Crippen LogP contribution in [0.15, 0.2) is 42.5 Å². The molecule has 1 aliphatic rings. The standard InChI is InChI=1S/C25H30N2O3S/c1-18(28)19-12-13-22(23(17-19)29-2)30-16-8-7-15-27-14-6-5-10-21(27)25-20-9-3-4-11-24(20)31-26-25/h3-4,9,11-13,17,21H,5-8,10,14-16H2,1-2H3. The summed E-state index contributed by atoms with van der Waals surface area (Å²) in [4.78, 5) is 14.2. The lowest BCUT2D eigenvalue weighted by Gasteiger charge is -2.35. The topological polar surface area (TPSA) is 51.7 Å². The molecule has 0 N–H and O–H groups in total. The molecule has 1 unspecified atom stereocenters. The van der Waals surface area contributed by atoms with Gasteiger partial charge in [0.2, 0.25) is 0 Å². The largest absolute Gasteiger partial charge is 0.493 e. The molecule has 0 spiro atoms. The van der Waals surface area contributed by atoms with Gasteiger partial charge in [-0.25, -0.2) is 0 Å². The summed E-state index contributed by atoms with van der Waals surface area (Å²) in [6.07, 6.45) is 5.76. The van der Waals surface area contributed by atoms with Crippen LogP contribution in [0.2, 0.25) is 0 Å². The SMILES string of the molecule is COc1cc(C(C)=O)ccc1OCCCCN1CCCCC1c1nsc2ccccc12. The molecule has 1 aliphatic heterocycles. The second kappa shape index (κ2) is 10.2. The first kappa shape index (κ1) is 21.8. The third-order valence-electron chi connectivity index (χ3n) is 6.00. The quantitative estimate of drug-likeness (QED) is 0.308. The maximum atomic E-state index is 11.6. The first-order valence-corrected chi connectivity index (χ1v) is 11.8. The van der Waals surface area contributed by atoms with E-state index in [-0.39, 0.29) is 5.78 Å². The van der Waals surface area contributed by atoms with E-state index in [1.807, 2.05) is 6.07 Å². The van der Waals surface area contributed by atoms with E-state index in [2.05, 4.69) is 29.2 Å². The predicted octanol–water partition coefficient (Wildman–Crippen LogP) is 5.89. The first-order chi connectivity index (χ1) is 15.2. The number of rotatable bonds is 9. The molecule has 31 heavy (non-hydrogen) atoms. The highest BCUT2D eigenvalue weighted by molar-refractivity contribution is 7.13. The Bertz CT molecular complexity index is 1030. The van der Waals surface area contributed by atoms with Crippen LogP contribution in [-0.4, -0.2) is 41.9 Å². The van der Waals surface area contributed by atoms with Crippen LogP contribution in [0.3, 0.4) is 0 Å². The Morgan fingerprint density at radius 3 is 2.87 bits per heavy atom. The van der Waals surface area contributed by atoms with Crippen LogP contribution < -0.4 is 9.47 Å². The summed E-state index contributed by atoms with van der Waals surface area (Å²) >= 11 is 1.62. The molecule has 1 aromatic heterocycles. The minimum atomic E-state index is 0.0221. The molecule has 3 aromatic rings. The molecule has 6 heteroatoms. The van der Waals surface area contributed by atoms with Gasteiger partial charge in [0.05, 0.1) is 30.2 Å². The average Bonchev–Trinajstić information content (AvgIpc) is 3.23. The number of hydrogen-bond donors (Lipinski definition) is 0. The molecule has 2 heterocycles. The summed E-state index contributed by atoms with van der Waals surface area (Å²) in [6.45, 7) is 4.38. The Labute approximate surface area is 188 Å². The molecule has 1 saturated heterocycles. The lowest BCUT2D eigenvalue weighted by molar-refractivity contribution is 0.101. The van der Waals surface area contributed by atoms with Crippen molar-refractivity contribution in [3.8, 4) is 11.5 Å². The van der Waals surface area contributed by atoms with E-state index in [1.54, 1.807) is 37.7 Å². The zero-order valence-electron chi connectivity index (χ0n) is 18.3. The zero-order valence-corrected chi connectivity index (χ0v) is 19.1. The van der Waals surface area contributed by atoms with Crippen molar-refractivity contribution in [1.29, 1.82) is 0 Å². The van der Waals surface area contributed by atoms with Gasteiger partial charge in [-0.15, -0.1) is 0 Å². The van der Waals surface area contributed by atoms with Gasteiger partial charge in [-0.3, -0.25) is 9.69 Å². The van der Waals surface area contributed by atoms with E-state index in [0.29, 0.717) is 29.7 Å². The van der Waals surface area contributed by atoms with Gasteiger partial charge in [-0.2, -0.15) is 4.37 Å².